The second kappa shape index (κ2) is 9.74. The number of aromatic nitrogens is 3. The maximum absolute atomic E-state index is 12.8. The molecule has 0 saturated carbocycles. The van der Waals surface area contributed by atoms with Crippen LogP contribution in [0.15, 0.2) is 42.6 Å². The second-order valence-corrected chi connectivity index (χ2v) is 8.93. The molecule has 1 aromatic carbocycles. The number of amides is 1. The Kier molecular flexibility index (Phi) is 6.37. The minimum atomic E-state index is -0.242. The van der Waals surface area contributed by atoms with Crippen LogP contribution in [0.1, 0.15) is 46.9 Å². The van der Waals surface area contributed by atoms with Gasteiger partial charge in [-0.25, -0.2) is 9.97 Å². The fourth-order valence-corrected chi connectivity index (χ4v) is 4.00. The fraction of sp³-hybridized carbons (Fsp3) is 0.360. The van der Waals surface area contributed by atoms with E-state index < -0.39 is 0 Å². The first kappa shape index (κ1) is 22.2. The van der Waals surface area contributed by atoms with Gasteiger partial charge in [0.2, 0.25) is 5.95 Å². The molecule has 3 aromatic rings. The Labute approximate surface area is 198 Å². The van der Waals surface area contributed by atoms with Gasteiger partial charge in [0, 0.05) is 30.4 Å². The van der Waals surface area contributed by atoms with Crippen molar-refractivity contribution in [3.05, 3.63) is 65.0 Å². The quantitative estimate of drug-likeness (QED) is 0.426. The van der Waals surface area contributed by atoms with Crippen molar-refractivity contribution in [2.24, 2.45) is 0 Å². The van der Waals surface area contributed by atoms with Gasteiger partial charge >= 0.3 is 0 Å². The molecule has 1 amide bonds. The van der Waals surface area contributed by atoms with Crippen LogP contribution in [0.2, 0.25) is 0 Å². The van der Waals surface area contributed by atoms with Crippen LogP contribution in [0.3, 0.4) is 0 Å². The molecule has 2 aliphatic rings. The number of rotatable bonds is 7. The first-order chi connectivity index (χ1) is 16.5. The molecule has 2 aliphatic heterocycles. The molecule has 34 heavy (non-hydrogen) atoms. The average Bonchev–Trinajstić information content (AvgIpc) is 2.78. The lowest BCUT2D eigenvalue weighted by Gasteiger charge is -2.25. The number of pyridine rings is 1. The molecular formula is C25H29N7O2. The molecule has 0 radical (unpaired) electrons. The summed E-state index contributed by atoms with van der Waals surface area (Å²) < 4.78 is 5.30. The fourth-order valence-electron chi connectivity index (χ4n) is 4.00. The Morgan fingerprint density at radius 1 is 1.12 bits per heavy atom. The lowest BCUT2D eigenvalue weighted by Crippen LogP contribution is -2.31. The molecule has 0 bridgehead atoms. The standard InChI is InChI=1S/C25H29N7O2/c1-15(2)28-24(33)20-12-27-25(29-19-7-6-17-11-26-9-8-16(17)10-19)32-23(20)31-22-5-3-4-21(30-22)18-13-34-14-18/h3-7,10,12,15,18,26H,8-9,11,13-14H2,1-2H3,(H,28,33)(H2,27,29,30,31,32). The molecule has 0 aliphatic carbocycles. The zero-order valence-corrected chi connectivity index (χ0v) is 19.4. The third-order valence-electron chi connectivity index (χ3n) is 5.88. The van der Waals surface area contributed by atoms with Gasteiger partial charge < -0.3 is 26.0 Å². The molecule has 9 nitrogen and oxygen atoms in total. The van der Waals surface area contributed by atoms with E-state index in [1.807, 2.05) is 38.1 Å². The van der Waals surface area contributed by atoms with Gasteiger partial charge in [-0.1, -0.05) is 12.1 Å². The molecule has 0 atom stereocenters. The number of nitrogens with zero attached hydrogens (tertiary/aromatic N) is 3. The van der Waals surface area contributed by atoms with E-state index in [0.29, 0.717) is 42.3 Å². The molecule has 176 valence electrons. The van der Waals surface area contributed by atoms with E-state index in [9.17, 15) is 4.79 Å². The number of benzene rings is 1. The summed E-state index contributed by atoms with van der Waals surface area (Å²) in [4.78, 5) is 26.6. The van der Waals surface area contributed by atoms with Crippen LogP contribution in [0.25, 0.3) is 0 Å². The Balaban J connectivity index is 1.43. The van der Waals surface area contributed by atoms with Crippen molar-refractivity contribution in [3.8, 4) is 0 Å². The third kappa shape index (κ3) is 5.00. The van der Waals surface area contributed by atoms with E-state index in [4.69, 9.17) is 9.72 Å². The predicted octanol–water partition coefficient (Wildman–Crippen LogP) is 3.26. The van der Waals surface area contributed by atoms with Crippen LogP contribution < -0.4 is 21.3 Å². The van der Waals surface area contributed by atoms with E-state index in [0.717, 1.165) is 30.9 Å². The molecule has 1 fully saturated rings. The van der Waals surface area contributed by atoms with Gasteiger partial charge in [-0.3, -0.25) is 4.79 Å². The molecular weight excluding hydrogens is 430 g/mol. The van der Waals surface area contributed by atoms with Gasteiger partial charge in [-0.05, 0) is 62.2 Å². The van der Waals surface area contributed by atoms with E-state index in [1.54, 1.807) is 6.20 Å². The van der Waals surface area contributed by atoms with Gasteiger partial charge in [0.05, 0.1) is 18.9 Å². The summed E-state index contributed by atoms with van der Waals surface area (Å²) in [6.07, 6.45) is 2.53. The Bertz CT molecular complexity index is 1190. The molecule has 4 N–H and O–H groups in total. The maximum atomic E-state index is 12.8. The number of anilines is 4. The summed E-state index contributed by atoms with van der Waals surface area (Å²) in [6.45, 7) is 7.05. The van der Waals surface area contributed by atoms with Crippen LogP contribution in [0.4, 0.5) is 23.3 Å². The van der Waals surface area contributed by atoms with E-state index >= 15 is 0 Å². The summed E-state index contributed by atoms with van der Waals surface area (Å²) >= 11 is 0. The van der Waals surface area contributed by atoms with Gasteiger partial charge in [-0.15, -0.1) is 0 Å². The zero-order valence-electron chi connectivity index (χ0n) is 19.4. The van der Waals surface area contributed by atoms with E-state index in [2.05, 4.69) is 43.4 Å². The first-order valence-corrected chi connectivity index (χ1v) is 11.6. The number of hydrogen-bond acceptors (Lipinski definition) is 8. The molecule has 4 heterocycles. The van der Waals surface area contributed by atoms with Crippen LogP contribution in [0.5, 0.6) is 0 Å². The number of fused-ring (bicyclic) bond motifs is 1. The van der Waals surface area contributed by atoms with Gasteiger partial charge in [0.15, 0.2) is 0 Å². The maximum Gasteiger partial charge on any atom is 0.256 e. The minimum absolute atomic E-state index is 0.0109. The number of hydrogen-bond donors (Lipinski definition) is 4. The summed E-state index contributed by atoms with van der Waals surface area (Å²) in [5.74, 6) is 1.48. The van der Waals surface area contributed by atoms with Crippen molar-refractivity contribution >= 4 is 29.2 Å². The Morgan fingerprint density at radius 3 is 2.79 bits per heavy atom. The summed E-state index contributed by atoms with van der Waals surface area (Å²) in [5, 5.41) is 12.8. The van der Waals surface area contributed by atoms with Crippen LogP contribution in [-0.2, 0) is 17.7 Å². The van der Waals surface area contributed by atoms with Gasteiger partial charge in [0.25, 0.3) is 5.91 Å². The largest absolute Gasteiger partial charge is 0.380 e. The molecule has 0 spiro atoms. The number of carbonyl (C=O) groups is 1. The number of nitrogens with one attached hydrogen (secondary N) is 4. The molecule has 5 rings (SSSR count). The highest BCUT2D eigenvalue weighted by atomic mass is 16.5. The van der Waals surface area contributed by atoms with Crippen molar-refractivity contribution in [2.75, 3.05) is 30.4 Å². The van der Waals surface area contributed by atoms with E-state index in [1.165, 1.54) is 11.1 Å². The molecule has 9 heteroatoms. The lowest BCUT2D eigenvalue weighted by molar-refractivity contribution is 0.00677. The highest BCUT2D eigenvalue weighted by Crippen LogP contribution is 2.26. The highest BCUT2D eigenvalue weighted by molar-refractivity contribution is 5.99. The number of carbonyl (C=O) groups excluding carboxylic acids is 1. The zero-order chi connectivity index (χ0) is 23.5. The SMILES string of the molecule is CC(C)NC(=O)c1cnc(Nc2ccc3c(c2)CCNC3)nc1Nc1cccc(C2COC2)n1. The molecule has 0 unspecified atom stereocenters. The molecule has 2 aromatic heterocycles. The third-order valence-corrected chi connectivity index (χ3v) is 5.88. The van der Waals surface area contributed by atoms with Crippen LogP contribution >= 0.6 is 0 Å². The highest BCUT2D eigenvalue weighted by Gasteiger charge is 2.22. The van der Waals surface area contributed by atoms with Crippen LogP contribution in [0, 0.1) is 0 Å². The molecule has 1 saturated heterocycles. The second-order valence-electron chi connectivity index (χ2n) is 8.93. The summed E-state index contributed by atoms with van der Waals surface area (Å²) in [7, 11) is 0. The average molecular weight is 460 g/mol. The van der Waals surface area contributed by atoms with Crippen molar-refractivity contribution < 1.29 is 9.53 Å². The lowest BCUT2D eigenvalue weighted by atomic mass is 10.0. The minimum Gasteiger partial charge on any atom is -0.380 e. The first-order valence-electron chi connectivity index (χ1n) is 11.6. The summed E-state index contributed by atoms with van der Waals surface area (Å²) in [5.41, 5.74) is 4.85. The predicted molar refractivity (Wildman–Crippen MR) is 131 cm³/mol. The monoisotopic (exact) mass is 459 g/mol. The van der Waals surface area contributed by atoms with Crippen LogP contribution in [-0.4, -0.2) is 46.7 Å². The number of ether oxygens (including phenoxy) is 1. The Morgan fingerprint density at radius 2 is 2.00 bits per heavy atom. The van der Waals surface area contributed by atoms with Gasteiger partial charge in [-0.2, -0.15) is 4.98 Å². The smallest absolute Gasteiger partial charge is 0.256 e. The summed E-state index contributed by atoms with van der Waals surface area (Å²) in [6, 6.07) is 12.1. The van der Waals surface area contributed by atoms with Crippen molar-refractivity contribution in [2.45, 2.75) is 38.8 Å². The van der Waals surface area contributed by atoms with Gasteiger partial charge in [0.1, 0.15) is 17.2 Å². The Hall–Kier alpha value is -3.56. The van der Waals surface area contributed by atoms with E-state index in [-0.39, 0.29) is 11.9 Å². The van der Waals surface area contributed by atoms with Crippen molar-refractivity contribution in [3.63, 3.8) is 0 Å². The van der Waals surface area contributed by atoms with Crippen molar-refractivity contribution in [1.29, 1.82) is 0 Å². The topological polar surface area (TPSA) is 113 Å². The normalized spacial score (nSPS) is 15.4. The van der Waals surface area contributed by atoms with Crippen molar-refractivity contribution in [1.82, 2.24) is 25.6 Å².